The summed E-state index contributed by atoms with van der Waals surface area (Å²) in [7, 11) is 0. The summed E-state index contributed by atoms with van der Waals surface area (Å²) < 4.78 is 15.1. The fraction of sp³-hybridized carbons (Fsp3) is 0.455. The number of hydrogen-bond donors (Lipinski definition) is 0. The van der Waals surface area contributed by atoms with Crippen LogP contribution in [-0.2, 0) is 0 Å². The molecule has 2 fully saturated rings. The second-order valence-electron chi connectivity index (χ2n) is 8.07. The number of aromatic nitrogens is 2. The van der Waals surface area contributed by atoms with Crippen LogP contribution in [0.5, 0.6) is 0 Å². The number of hydrogen-bond acceptors (Lipinski definition) is 4. The van der Waals surface area contributed by atoms with Gasteiger partial charge < -0.3 is 9.80 Å². The molecule has 0 N–H and O–H groups in total. The third-order valence-corrected chi connectivity index (χ3v) is 7.33. The first-order valence-electron chi connectivity index (χ1n) is 10.4. The van der Waals surface area contributed by atoms with E-state index in [2.05, 4.69) is 10.00 Å². The van der Waals surface area contributed by atoms with Crippen molar-refractivity contribution >= 4 is 27.5 Å². The van der Waals surface area contributed by atoms with Gasteiger partial charge in [0.15, 0.2) is 0 Å². The number of carbonyl (C=O) groups is 1. The maximum Gasteiger partial charge on any atom is 0.264 e. The number of piperidine rings is 1. The maximum absolute atomic E-state index is 13.3. The third kappa shape index (κ3) is 3.46. The summed E-state index contributed by atoms with van der Waals surface area (Å²) in [5.74, 6) is -0.149. The van der Waals surface area contributed by atoms with Gasteiger partial charge in [0, 0.05) is 24.5 Å². The van der Waals surface area contributed by atoms with Crippen LogP contribution in [0, 0.1) is 12.7 Å². The normalized spacial score (nSPS) is 18.8. The number of carbonyl (C=O) groups excluding carboxylic acids is 1. The van der Waals surface area contributed by atoms with Crippen molar-refractivity contribution in [3.8, 4) is 5.69 Å². The monoisotopic (exact) mass is 412 g/mol. The quantitative estimate of drug-likeness (QED) is 0.646. The summed E-state index contributed by atoms with van der Waals surface area (Å²) >= 11 is 1.48. The van der Waals surface area contributed by atoms with Crippen molar-refractivity contribution in [3.05, 3.63) is 46.7 Å². The van der Waals surface area contributed by atoms with Crippen LogP contribution in [0.15, 0.2) is 30.3 Å². The van der Waals surface area contributed by atoms with E-state index >= 15 is 0 Å². The average molecular weight is 413 g/mol. The molecule has 5 rings (SSSR count). The molecule has 0 saturated carbocycles. The molecular weight excluding hydrogens is 387 g/mol. The summed E-state index contributed by atoms with van der Waals surface area (Å²) in [4.78, 5) is 19.4. The van der Waals surface area contributed by atoms with Gasteiger partial charge in [-0.25, -0.2) is 9.07 Å². The molecule has 2 aromatic heterocycles. The van der Waals surface area contributed by atoms with E-state index in [9.17, 15) is 9.18 Å². The smallest absolute Gasteiger partial charge is 0.264 e. The van der Waals surface area contributed by atoms with E-state index in [0.29, 0.717) is 6.04 Å². The van der Waals surface area contributed by atoms with Gasteiger partial charge in [0.2, 0.25) is 0 Å². The Balaban J connectivity index is 1.36. The van der Waals surface area contributed by atoms with Crippen LogP contribution < -0.4 is 0 Å². The number of rotatable bonds is 3. The lowest BCUT2D eigenvalue weighted by Gasteiger charge is -2.36. The largest absolute Gasteiger partial charge is 0.338 e. The number of benzene rings is 1. The Kier molecular flexibility index (Phi) is 4.87. The summed E-state index contributed by atoms with van der Waals surface area (Å²) in [6.07, 6.45) is 4.76. The number of amides is 1. The van der Waals surface area contributed by atoms with Gasteiger partial charge in [-0.2, -0.15) is 5.10 Å². The minimum Gasteiger partial charge on any atom is -0.338 e. The lowest BCUT2D eigenvalue weighted by molar-refractivity contribution is 0.0649. The first-order chi connectivity index (χ1) is 14.1. The van der Waals surface area contributed by atoms with Crippen LogP contribution in [0.2, 0.25) is 0 Å². The van der Waals surface area contributed by atoms with Gasteiger partial charge in [-0.15, -0.1) is 11.3 Å². The van der Waals surface area contributed by atoms with E-state index in [4.69, 9.17) is 0 Å². The second kappa shape index (κ2) is 7.54. The van der Waals surface area contributed by atoms with Gasteiger partial charge in [0.25, 0.3) is 5.91 Å². The Morgan fingerprint density at radius 3 is 2.48 bits per heavy atom. The van der Waals surface area contributed by atoms with Crippen molar-refractivity contribution in [3.63, 3.8) is 0 Å². The fourth-order valence-corrected chi connectivity index (χ4v) is 5.76. The molecular formula is C22H25FN4OS. The summed E-state index contributed by atoms with van der Waals surface area (Å²) in [6, 6.07) is 8.90. The van der Waals surface area contributed by atoms with Gasteiger partial charge >= 0.3 is 0 Å². The molecule has 0 spiro atoms. The molecule has 0 aliphatic carbocycles. The van der Waals surface area contributed by atoms with E-state index < -0.39 is 0 Å². The van der Waals surface area contributed by atoms with Gasteiger partial charge in [-0.3, -0.25) is 4.79 Å². The van der Waals surface area contributed by atoms with Crippen molar-refractivity contribution in [2.24, 2.45) is 0 Å². The van der Waals surface area contributed by atoms with Crippen molar-refractivity contribution in [1.82, 2.24) is 19.6 Å². The minimum absolute atomic E-state index is 0.121. The maximum atomic E-state index is 13.3. The highest BCUT2D eigenvalue weighted by Crippen LogP contribution is 2.32. The summed E-state index contributed by atoms with van der Waals surface area (Å²) in [5, 5.41) is 5.59. The number of nitrogens with zero attached hydrogens (tertiary/aromatic N) is 4. The van der Waals surface area contributed by atoms with E-state index in [1.807, 2.05) is 22.6 Å². The molecule has 5 nitrogen and oxygen atoms in total. The molecule has 1 aromatic carbocycles. The van der Waals surface area contributed by atoms with Crippen LogP contribution >= 0.6 is 11.3 Å². The van der Waals surface area contributed by atoms with Crippen LogP contribution in [0.4, 0.5) is 4.39 Å². The first-order valence-corrected chi connectivity index (χ1v) is 11.2. The molecule has 7 heteroatoms. The molecule has 0 atom stereocenters. The van der Waals surface area contributed by atoms with Crippen molar-refractivity contribution in [2.75, 3.05) is 26.2 Å². The van der Waals surface area contributed by atoms with Crippen molar-refractivity contribution < 1.29 is 9.18 Å². The Morgan fingerprint density at radius 1 is 1.10 bits per heavy atom. The Hall–Kier alpha value is -2.25. The van der Waals surface area contributed by atoms with Crippen LogP contribution in [0.3, 0.4) is 0 Å². The second-order valence-corrected chi connectivity index (χ2v) is 9.10. The molecule has 29 heavy (non-hydrogen) atoms. The van der Waals surface area contributed by atoms with E-state index in [1.165, 1.54) is 49.4 Å². The highest BCUT2D eigenvalue weighted by molar-refractivity contribution is 7.20. The zero-order chi connectivity index (χ0) is 20.0. The summed E-state index contributed by atoms with van der Waals surface area (Å²) in [6.45, 7) is 6.04. The number of fused-ring (bicyclic) bond motifs is 1. The van der Waals surface area contributed by atoms with Gasteiger partial charge in [0.05, 0.1) is 16.3 Å². The van der Waals surface area contributed by atoms with Gasteiger partial charge in [-0.05, 0) is 76.0 Å². The SMILES string of the molecule is Cc1nn(-c2ccc(F)cc2)c2sc(C(=O)N3CCC(N4CCCC4)CC3)cc12. The standard InChI is InChI=1S/C22H25FN4OS/c1-15-19-14-20(29-22(19)27(24-15)18-6-4-16(23)5-7-18)21(28)26-12-8-17(9-13-26)25-10-2-3-11-25/h4-7,14,17H,2-3,8-13H2,1H3. The third-order valence-electron chi connectivity index (χ3n) is 6.24. The molecule has 0 unspecified atom stereocenters. The first kappa shape index (κ1) is 18.8. The molecule has 2 saturated heterocycles. The predicted molar refractivity (Wildman–Crippen MR) is 113 cm³/mol. The topological polar surface area (TPSA) is 41.4 Å². The number of halogens is 1. The number of thiophene rings is 1. The zero-order valence-corrected chi connectivity index (χ0v) is 17.4. The molecule has 152 valence electrons. The highest BCUT2D eigenvalue weighted by Gasteiger charge is 2.29. The van der Waals surface area contributed by atoms with E-state index in [0.717, 1.165) is 52.4 Å². The lowest BCUT2D eigenvalue weighted by atomic mass is 10.0. The van der Waals surface area contributed by atoms with E-state index in [-0.39, 0.29) is 11.7 Å². The van der Waals surface area contributed by atoms with Gasteiger partial charge in [-0.1, -0.05) is 0 Å². The van der Waals surface area contributed by atoms with E-state index in [1.54, 1.807) is 12.1 Å². The van der Waals surface area contributed by atoms with Crippen LogP contribution in [-0.4, -0.2) is 57.7 Å². The molecule has 1 amide bonds. The molecule has 0 radical (unpaired) electrons. The number of likely N-dealkylation sites (tertiary alicyclic amines) is 2. The minimum atomic E-state index is -0.270. The highest BCUT2D eigenvalue weighted by atomic mass is 32.1. The predicted octanol–water partition coefficient (Wildman–Crippen LogP) is 4.23. The molecule has 2 aliphatic heterocycles. The zero-order valence-electron chi connectivity index (χ0n) is 16.6. The molecule has 2 aliphatic rings. The average Bonchev–Trinajstić information content (AvgIpc) is 3.47. The lowest BCUT2D eigenvalue weighted by Crippen LogP contribution is -2.45. The number of aryl methyl sites for hydroxylation is 1. The molecule has 4 heterocycles. The van der Waals surface area contributed by atoms with Gasteiger partial charge in [0.1, 0.15) is 10.6 Å². The van der Waals surface area contributed by atoms with Crippen LogP contribution in [0.25, 0.3) is 15.9 Å². The van der Waals surface area contributed by atoms with Crippen molar-refractivity contribution in [1.29, 1.82) is 0 Å². The molecule has 0 bridgehead atoms. The Bertz CT molecular complexity index is 1030. The molecule has 3 aromatic rings. The fourth-order valence-electron chi connectivity index (χ4n) is 4.61. The van der Waals surface area contributed by atoms with Crippen LogP contribution in [0.1, 0.15) is 41.0 Å². The summed E-state index contributed by atoms with van der Waals surface area (Å²) in [5.41, 5.74) is 1.68. The Morgan fingerprint density at radius 2 is 1.79 bits per heavy atom. The van der Waals surface area contributed by atoms with Crippen molar-refractivity contribution in [2.45, 2.75) is 38.6 Å². The Labute approximate surface area is 173 Å².